The van der Waals surface area contributed by atoms with Crippen LogP contribution in [0.15, 0.2) is 24.3 Å². The van der Waals surface area contributed by atoms with Crippen molar-refractivity contribution in [1.82, 2.24) is 10.2 Å². The lowest BCUT2D eigenvalue weighted by atomic mass is 9.86. The molecule has 4 amide bonds. The molecule has 2 aliphatic heterocycles. The minimum atomic E-state index is -3.47. The number of alkyl halides is 2. The zero-order valence-corrected chi connectivity index (χ0v) is 15.3. The van der Waals surface area contributed by atoms with E-state index < -0.39 is 53.9 Å². The van der Waals surface area contributed by atoms with Gasteiger partial charge in [-0.25, -0.2) is 18.0 Å². The number of hydrogen-bond acceptors (Lipinski definition) is 4. The van der Waals surface area contributed by atoms with E-state index in [0.29, 0.717) is 26.1 Å². The molecule has 0 saturated carbocycles. The fraction of sp³-hybridized carbons (Fsp3) is 0.526. The highest BCUT2D eigenvalue weighted by molar-refractivity contribution is 6.16. The molecule has 28 heavy (non-hydrogen) atoms. The Morgan fingerprint density at radius 3 is 2.57 bits per heavy atom. The molecule has 3 rings (SSSR count). The van der Waals surface area contributed by atoms with Gasteiger partial charge in [0, 0.05) is 31.6 Å². The maximum atomic E-state index is 14.9. The van der Waals surface area contributed by atoms with E-state index >= 15 is 0 Å². The van der Waals surface area contributed by atoms with Crippen LogP contribution in [0, 0.1) is 11.7 Å². The molecule has 2 fully saturated rings. The van der Waals surface area contributed by atoms with E-state index in [2.05, 4.69) is 0 Å². The average molecular weight is 398 g/mol. The van der Waals surface area contributed by atoms with Crippen LogP contribution < -0.4 is 5.32 Å². The van der Waals surface area contributed by atoms with Gasteiger partial charge in [-0.05, 0) is 30.5 Å². The zero-order valence-electron chi connectivity index (χ0n) is 15.3. The highest BCUT2D eigenvalue weighted by Gasteiger charge is 2.50. The van der Waals surface area contributed by atoms with Crippen molar-refractivity contribution >= 4 is 17.8 Å². The molecule has 1 N–H and O–H groups in total. The van der Waals surface area contributed by atoms with Crippen molar-refractivity contribution in [3.63, 3.8) is 0 Å². The van der Waals surface area contributed by atoms with Crippen LogP contribution in [0.5, 0.6) is 0 Å². The summed E-state index contributed by atoms with van der Waals surface area (Å²) in [4.78, 5) is 37.9. The summed E-state index contributed by atoms with van der Waals surface area (Å²) < 4.78 is 48.3. The first kappa shape index (κ1) is 20.3. The van der Waals surface area contributed by atoms with E-state index in [1.807, 2.05) is 5.32 Å². The molecular formula is C19H21F3N2O4. The maximum Gasteiger partial charge on any atom is 0.331 e. The Hall–Kier alpha value is -2.42. The van der Waals surface area contributed by atoms with E-state index in [0.717, 1.165) is 17.0 Å². The molecule has 0 bridgehead atoms. The second kappa shape index (κ2) is 7.90. The monoisotopic (exact) mass is 398 g/mol. The quantitative estimate of drug-likeness (QED) is 0.774. The molecule has 2 heterocycles. The van der Waals surface area contributed by atoms with Gasteiger partial charge in [-0.3, -0.25) is 19.8 Å². The van der Waals surface area contributed by atoms with Crippen LogP contribution in [-0.2, 0) is 14.3 Å². The number of urea groups is 1. The summed E-state index contributed by atoms with van der Waals surface area (Å²) in [6, 6.07) is 3.44. The van der Waals surface area contributed by atoms with Crippen molar-refractivity contribution in [1.29, 1.82) is 0 Å². The fourth-order valence-corrected chi connectivity index (χ4v) is 3.57. The second-order valence-electron chi connectivity index (χ2n) is 7.14. The van der Waals surface area contributed by atoms with Gasteiger partial charge >= 0.3 is 6.03 Å². The standard InChI is InChI=1S/C19H21F3N2O4/c1-11(12-3-2-4-13(20)9-12)19(21,22)10-15-16(25)23-18(27)24(17(15)26)14-5-7-28-8-6-14/h2-4,9,11,14-15H,5-8,10H2,1H3,(H,23,25,27)/t11-,15?/m0/s1. The van der Waals surface area contributed by atoms with Crippen LogP contribution in [0.2, 0.25) is 0 Å². The number of ether oxygens (including phenoxy) is 1. The lowest BCUT2D eigenvalue weighted by molar-refractivity contribution is -0.150. The van der Waals surface area contributed by atoms with E-state index in [1.54, 1.807) is 0 Å². The Kier molecular flexibility index (Phi) is 5.74. The van der Waals surface area contributed by atoms with Gasteiger partial charge in [0.1, 0.15) is 11.7 Å². The molecule has 1 unspecified atom stereocenters. The van der Waals surface area contributed by atoms with Crippen molar-refractivity contribution < 1.29 is 32.3 Å². The Labute approximate surface area is 160 Å². The van der Waals surface area contributed by atoms with Gasteiger partial charge in [0.05, 0.1) is 0 Å². The average Bonchev–Trinajstić information content (AvgIpc) is 2.65. The molecule has 2 saturated heterocycles. The molecule has 2 atom stereocenters. The van der Waals surface area contributed by atoms with Gasteiger partial charge in [0.15, 0.2) is 0 Å². The molecule has 2 aliphatic rings. The number of halogens is 3. The molecule has 1 aromatic carbocycles. The number of carbonyl (C=O) groups excluding carboxylic acids is 3. The molecule has 9 heteroatoms. The van der Waals surface area contributed by atoms with E-state index in [9.17, 15) is 27.6 Å². The van der Waals surface area contributed by atoms with Gasteiger partial charge in [0.2, 0.25) is 11.8 Å². The fourth-order valence-electron chi connectivity index (χ4n) is 3.57. The number of benzene rings is 1. The third-order valence-electron chi connectivity index (χ3n) is 5.32. The van der Waals surface area contributed by atoms with Crippen LogP contribution >= 0.6 is 0 Å². The first-order valence-corrected chi connectivity index (χ1v) is 9.09. The summed E-state index contributed by atoms with van der Waals surface area (Å²) in [5.41, 5.74) is 0.0611. The van der Waals surface area contributed by atoms with Crippen LogP contribution in [-0.4, -0.2) is 47.9 Å². The summed E-state index contributed by atoms with van der Waals surface area (Å²) in [6.07, 6.45) is -0.297. The Morgan fingerprint density at radius 1 is 1.25 bits per heavy atom. The number of hydrogen-bond donors (Lipinski definition) is 1. The number of nitrogens with one attached hydrogen (secondary N) is 1. The number of carbonyl (C=O) groups is 3. The van der Waals surface area contributed by atoms with Crippen molar-refractivity contribution in [3.05, 3.63) is 35.6 Å². The summed E-state index contributed by atoms with van der Waals surface area (Å²) in [7, 11) is 0. The Bertz CT molecular complexity index is 780. The van der Waals surface area contributed by atoms with Crippen LogP contribution in [0.4, 0.5) is 18.0 Å². The lowest BCUT2D eigenvalue weighted by Gasteiger charge is -2.38. The van der Waals surface area contributed by atoms with E-state index in [4.69, 9.17) is 4.74 Å². The van der Waals surface area contributed by atoms with Gasteiger partial charge in [0.25, 0.3) is 5.92 Å². The second-order valence-corrected chi connectivity index (χ2v) is 7.14. The largest absolute Gasteiger partial charge is 0.381 e. The molecule has 152 valence electrons. The van der Waals surface area contributed by atoms with E-state index in [-0.39, 0.29) is 5.56 Å². The third kappa shape index (κ3) is 4.04. The van der Waals surface area contributed by atoms with Gasteiger partial charge in [-0.1, -0.05) is 19.1 Å². The molecule has 0 spiro atoms. The third-order valence-corrected chi connectivity index (χ3v) is 5.32. The number of nitrogens with zero attached hydrogens (tertiary/aromatic N) is 1. The van der Waals surface area contributed by atoms with Crippen molar-refractivity contribution in [2.24, 2.45) is 5.92 Å². The van der Waals surface area contributed by atoms with Gasteiger partial charge in [-0.2, -0.15) is 0 Å². The molecule has 0 aromatic heterocycles. The SMILES string of the molecule is C[C@@H](c1cccc(F)c1)C(F)(F)CC1C(=O)NC(=O)N(C2CCOCC2)C1=O. The molecule has 0 radical (unpaired) electrons. The summed E-state index contributed by atoms with van der Waals surface area (Å²) in [5.74, 6) is -9.18. The first-order chi connectivity index (χ1) is 13.2. The van der Waals surface area contributed by atoms with Crippen molar-refractivity contribution in [2.45, 2.75) is 44.1 Å². The zero-order chi connectivity index (χ0) is 20.5. The maximum absolute atomic E-state index is 14.9. The predicted octanol–water partition coefficient (Wildman–Crippen LogP) is 2.83. The molecule has 1 aromatic rings. The van der Waals surface area contributed by atoms with E-state index in [1.165, 1.54) is 19.1 Å². The highest BCUT2D eigenvalue weighted by Crippen LogP contribution is 2.39. The van der Waals surface area contributed by atoms with Crippen LogP contribution in [0.3, 0.4) is 0 Å². The van der Waals surface area contributed by atoms with Gasteiger partial charge < -0.3 is 4.74 Å². The number of barbiturate groups is 1. The van der Waals surface area contributed by atoms with Crippen molar-refractivity contribution in [3.8, 4) is 0 Å². The number of rotatable bonds is 5. The van der Waals surface area contributed by atoms with Crippen molar-refractivity contribution in [2.75, 3.05) is 13.2 Å². The lowest BCUT2D eigenvalue weighted by Crippen LogP contribution is -2.62. The normalized spacial score (nSPS) is 22.9. The van der Waals surface area contributed by atoms with Crippen LogP contribution in [0.25, 0.3) is 0 Å². The topological polar surface area (TPSA) is 75.7 Å². The Balaban J connectivity index is 1.79. The number of imide groups is 2. The molecule has 0 aliphatic carbocycles. The van der Waals surface area contributed by atoms with Gasteiger partial charge in [-0.15, -0.1) is 0 Å². The summed E-state index contributed by atoms with van der Waals surface area (Å²) in [6.45, 7) is 1.89. The number of amides is 4. The summed E-state index contributed by atoms with van der Waals surface area (Å²) >= 11 is 0. The smallest absolute Gasteiger partial charge is 0.331 e. The highest BCUT2D eigenvalue weighted by atomic mass is 19.3. The van der Waals surface area contributed by atoms with Crippen LogP contribution in [0.1, 0.15) is 37.7 Å². The molecular weight excluding hydrogens is 377 g/mol. The minimum absolute atomic E-state index is 0.0611. The Morgan fingerprint density at radius 2 is 1.93 bits per heavy atom. The minimum Gasteiger partial charge on any atom is -0.381 e. The first-order valence-electron chi connectivity index (χ1n) is 9.09. The molecule has 6 nitrogen and oxygen atoms in total. The summed E-state index contributed by atoms with van der Waals surface area (Å²) in [5, 5.41) is 2.01. The predicted molar refractivity (Wildman–Crippen MR) is 92.1 cm³/mol.